The number of rotatable bonds is 5. The molecular weight excluding hydrogens is 388 g/mol. The van der Waals surface area contributed by atoms with Crippen molar-refractivity contribution in [2.45, 2.75) is 20.4 Å². The molecule has 0 aliphatic rings. The molecule has 0 radical (unpaired) electrons. The summed E-state index contributed by atoms with van der Waals surface area (Å²) in [5.74, 6) is -0.311. The first-order valence-corrected chi connectivity index (χ1v) is 9.48. The molecule has 0 unspecified atom stereocenters. The number of carbonyl (C=O) groups is 1. The molecule has 0 fully saturated rings. The standard InChI is InChI=1S/C21H19ClN6O/c1-14-17(15(2)28(25-14)16-8-4-3-5-9-16)12-23-21(29)19-13-27(26-24-19)20-11-7-6-10-18(20)22/h3-11,13H,12H2,1-2H3,(H,23,29). The van der Waals surface area contributed by atoms with Gasteiger partial charge in [-0.25, -0.2) is 9.36 Å². The molecule has 1 N–H and O–H groups in total. The topological polar surface area (TPSA) is 77.6 Å². The fourth-order valence-corrected chi connectivity index (χ4v) is 3.36. The van der Waals surface area contributed by atoms with Crippen molar-refractivity contribution in [2.24, 2.45) is 0 Å². The normalized spacial score (nSPS) is 10.9. The van der Waals surface area contributed by atoms with Gasteiger partial charge in [0.05, 0.1) is 28.3 Å². The average Bonchev–Trinajstić information content (AvgIpc) is 3.33. The van der Waals surface area contributed by atoms with Crippen LogP contribution in [-0.2, 0) is 6.54 Å². The molecule has 0 bridgehead atoms. The Hall–Kier alpha value is -3.45. The number of para-hydroxylation sites is 2. The van der Waals surface area contributed by atoms with E-state index in [0.29, 0.717) is 17.3 Å². The number of aryl methyl sites for hydroxylation is 1. The van der Waals surface area contributed by atoms with Crippen LogP contribution >= 0.6 is 11.6 Å². The molecule has 0 aliphatic heterocycles. The van der Waals surface area contributed by atoms with E-state index in [2.05, 4.69) is 20.7 Å². The monoisotopic (exact) mass is 406 g/mol. The number of carbonyl (C=O) groups excluding carboxylic acids is 1. The second kappa shape index (κ2) is 7.89. The maximum atomic E-state index is 12.6. The summed E-state index contributed by atoms with van der Waals surface area (Å²) in [6.45, 7) is 4.27. The second-order valence-corrected chi connectivity index (χ2v) is 6.99. The summed E-state index contributed by atoms with van der Waals surface area (Å²) in [6, 6.07) is 17.1. The van der Waals surface area contributed by atoms with E-state index in [0.717, 1.165) is 22.6 Å². The fraction of sp³-hybridized carbons (Fsp3) is 0.143. The number of hydrogen-bond donors (Lipinski definition) is 1. The highest BCUT2D eigenvalue weighted by Crippen LogP contribution is 2.19. The maximum absolute atomic E-state index is 12.6. The summed E-state index contributed by atoms with van der Waals surface area (Å²) in [5.41, 5.74) is 4.68. The van der Waals surface area contributed by atoms with E-state index < -0.39 is 0 Å². The third-order valence-electron chi connectivity index (χ3n) is 4.69. The van der Waals surface area contributed by atoms with Crippen LogP contribution in [0.5, 0.6) is 0 Å². The largest absolute Gasteiger partial charge is 0.346 e. The van der Waals surface area contributed by atoms with Gasteiger partial charge in [0.2, 0.25) is 0 Å². The predicted octanol–water partition coefficient (Wildman–Crippen LogP) is 3.65. The number of nitrogens with one attached hydrogen (secondary N) is 1. The van der Waals surface area contributed by atoms with Crippen molar-refractivity contribution in [3.63, 3.8) is 0 Å². The third-order valence-corrected chi connectivity index (χ3v) is 5.01. The summed E-state index contributed by atoms with van der Waals surface area (Å²) in [7, 11) is 0. The minimum atomic E-state index is -0.311. The smallest absolute Gasteiger partial charge is 0.273 e. The van der Waals surface area contributed by atoms with Crippen molar-refractivity contribution in [2.75, 3.05) is 0 Å². The number of benzene rings is 2. The number of hydrogen-bond acceptors (Lipinski definition) is 4. The summed E-state index contributed by atoms with van der Waals surface area (Å²) < 4.78 is 3.37. The van der Waals surface area contributed by atoms with Crippen molar-refractivity contribution >= 4 is 17.5 Å². The van der Waals surface area contributed by atoms with Gasteiger partial charge in [-0.3, -0.25) is 4.79 Å². The van der Waals surface area contributed by atoms with Crippen LogP contribution in [0.3, 0.4) is 0 Å². The van der Waals surface area contributed by atoms with Crippen molar-refractivity contribution < 1.29 is 4.79 Å². The van der Waals surface area contributed by atoms with Gasteiger partial charge in [-0.05, 0) is 38.1 Å². The van der Waals surface area contributed by atoms with E-state index in [-0.39, 0.29) is 11.6 Å². The van der Waals surface area contributed by atoms with Crippen LogP contribution < -0.4 is 5.32 Å². The van der Waals surface area contributed by atoms with E-state index in [1.807, 2.05) is 67.1 Å². The minimum absolute atomic E-state index is 0.218. The molecule has 0 saturated heterocycles. The lowest BCUT2D eigenvalue weighted by atomic mass is 10.2. The van der Waals surface area contributed by atoms with Gasteiger partial charge in [0.25, 0.3) is 5.91 Å². The van der Waals surface area contributed by atoms with Gasteiger partial charge in [-0.15, -0.1) is 5.10 Å². The van der Waals surface area contributed by atoms with Gasteiger partial charge in [0, 0.05) is 17.8 Å². The fourth-order valence-electron chi connectivity index (χ4n) is 3.13. The van der Waals surface area contributed by atoms with Gasteiger partial charge in [0.1, 0.15) is 0 Å². The number of halogens is 1. The van der Waals surface area contributed by atoms with Crippen molar-refractivity contribution in [3.8, 4) is 11.4 Å². The molecule has 0 spiro atoms. The van der Waals surface area contributed by atoms with Crippen LogP contribution in [0, 0.1) is 13.8 Å². The first kappa shape index (κ1) is 18.9. The highest BCUT2D eigenvalue weighted by Gasteiger charge is 2.16. The molecule has 0 aliphatic carbocycles. The van der Waals surface area contributed by atoms with Gasteiger partial charge >= 0.3 is 0 Å². The van der Waals surface area contributed by atoms with Crippen molar-refractivity contribution in [3.05, 3.63) is 88.5 Å². The molecule has 2 aromatic heterocycles. The Bertz CT molecular complexity index is 1170. The van der Waals surface area contributed by atoms with Gasteiger partial charge in [-0.2, -0.15) is 5.10 Å². The second-order valence-electron chi connectivity index (χ2n) is 6.58. The Balaban J connectivity index is 1.50. The van der Waals surface area contributed by atoms with Crippen molar-refractivity contribution in [1.29, 1.82) is 0 Å². The van der Waals surface area contributed by atoms with Crippen LogP contribution in [0.25, 0.3) is 11.4 Å². The highest BCUT2D eigenvalue weighted by atomic mass is 35.5. The average molecular weight is 407 g/mol. The zero-order valence-electron chi connectivity index (χ0n) is 16.0. The molecule has 2 aromatic carbocycles. The summed E-state index contributed by atoms with van der Waals surface area (Å²) in [6.07, 6.45) is 1.56. The summed E-state index contributed by atoms with van der Waals surface area (Å²) >= 11 is 6.18. The molecular formula is C21H19ClN6O. The molecule has 0 saturated carbocycles. The molecule has 0 atom stereocenters. The van der Waals surface area contributed by atoms with Crippen LogP contribution in [0.1, 0.15) is 27.4 Å². The lowest BCUT2D eigenvalue weighted by molar-refractivity contribution is 0.0946. The van der Waals surface area contributed by atoms with Crippen LogP contribution in [-0.4, -0.2) is 30.7 Å². The van der Waals surface area contributed by atoms with Gasteiger partial charge < -0.3 is 5.32 Å². The van der Waals surface area contributed by atoms with E-state index in [1.54, 1.807) is 12.3 Å². The lowest BCUT2D eigenvalue weighted by Crippen LogP contribution is -2.23. The number of amides is 1. The van der Waals surface area contributed by atoms with Gasteiger partial charge in [0.15, 0.2) is 5.69 Å². The van der Waals surface area contributed by atoms with E-state index in [9.17, 15) is 4.79 Å². The summed E-state index contributed by atoms with van der Waals surface area (Å²) in [5, 5.41) is 16.0. The molecule has 146 valence electrons. The zero-order chi connectivity index (χ0) is 20.4. The van der Waals surface area contributed by atoms with Crippen molar-refractivity contribution in [1.82, 2.24) is 30.1 Å². The molecule has 4 rings (SSSR count). The van der Waals surface area contributed by atoms with Gasteiger partial charge in [-0.1, -0.05) is 47.1 Å². The first-order valence-electron chi connectivity index (χ1n) is 9.10. The molecule has 29 heavy (non-hydrogen) atoms. The summed E-state index contributed by atoms with van der Waals surface area (Å²) in [4.78, 5) is 12.6. The number of nitrogens with zero attached hydrogens (tertiary/aromatic N) is 5. The third kappa shape index (κ3) is 3.77. The van der Waals surface area contributed by atoms with E-state index >= 15 is 0 Å². The zero-order valence-corrected chi connectivity index (χ0v) is 16.8. The Morgan fingerprint density at radius 1 is 1.07 bits per heavy atom. The maximum Gasteiger partial charge on any atom is 0.273 e. The molecule has 2 heterocycles. The quantitative estimate of drug-likeness (QED) is 0.548. The Labute approximate surface area is 172 Å². The minimum Gasteiger partial charge on any atom is -0.346 e. The number of aromatic nitrogens is 5. The van der Waals surface area contributed by atoms with E-state index in [1.165, 1.54) is 4.68 Å². The SMILES string of the molecule is Cc1nn(-c2ccccc2)c(C)c1CNC(=O)c1cn(-c2ccccc2Cl)nn1. The lowest BCUT2D eigenvalue weighted by Gasteiger charge is -2.06. The van der Waals surface area contributed by atoms with Crippen LogP contribution in [0.15, 0.2) is 60.8 Å². The highest BCUT2D eigenvalue weighted by molar-refractivity contribution is 6.32. The Morgan fingerprint density at radius 3 is 2.55 bits per heavy atom. The Kier molecular flexibility index (Phi) is 5.14. The van der Waals surface area contributed by atoms with E-state index in [4.69, 9.17) is 11.6 Å². The molecule has 7 nitrogen and oxygen atoms in total. The Morgan fingerprint density at radius 2 is 1.79 bits per heavy atom. The van der Waals surface area contributed by atoms with Crippen LogP contribution in [0.2, 0.25) is 5.02 Å². The predicted molar refractivity (Wildman–Crippen MR) is 111 cm³/mol. The van der Waals surface area contributed by atoms with Crippen LogP contribution in [0.4, 0.5) is 0 Å². The molecule has 1 amide bonds. The molecule has 4 aromatic rings. The molecule has 8 heteroatoms. The first-order chi connectivity index (χ1) is 14.0.